The Hall–Kier alpha value is -4.41. The first-order chi connectivity index (χ1) is 13.4. The van der Waals surface area contributed by atoms with Gasteiger partial charge in [0, 0.05) is 18.0 Å². The SMILES string of the molecule is C.C.C=Cc1cnc2[nH]c(=O)c(=O)[nH]c2c1.O=Cc1cnc2[nH]c(=O)c(=O)[nH]c2c1. The molecule has 11 heteroatoms. The molecule has 0 amide bonds. The van der Waals surface area contributed by atoms with Gasteiger partial charge < -0.3 is 19.9 Å². The normalized spacial score (nSPS) is 9.60. The van der Waals surface area contributed by atoms with Gasteiger partial charge in [0.15, 0.2) is 17.6 Å². The molecule has 0 aliphatic heterocycles. The zero-order valence-electron chi connectivity index (χ0n) is 14.1. The maximum atomic E-state index is 11.0. The van der Waals surface area contributed by atoms with Crippen molar-refractivity contribution in [3.05, 3.63) is 83.6 Å². The van der Waals surface area contributed by atoms with Crippen LogP contribution in [-0.4, -0.2) is 36.2 Å². The molecule has 4 N–H and O–H groups in total. The van der Waals surface area contributed by atoms with E-state index in [0.717, 1.165) is 5.56 Å². The highest BCUT2D eigenvalue weighted by atomic mass is 16.2. The summed E-state index contributed by atoms with van der Waals surface area (Å²) in [7, 11) is 0. The van der Waals surface area contributed by atoms with Crippen molar-refractivity contribution in [3.63, 3.8) is 0 Å². The smallest absolute Gasteiger partial charge is 0.315 e. The molecule has 156 valence electrons. The molecule has 4 aromatic rings. The summed E-state index contributed by atoms with van der Waals surface area (Å²) < 4.78 is 0. The molecule has 0 fully saturated rings. The summed E-state index contributed by atoms with van der Waals surface area (Å²) in [5.41, 5.74) is -0.352. The molecule has 0 saturated carbocycles. The van der Waals surface area contributed by atoms with E-state index in [1.807, 2.05) is 0 Å². The molecule has 4 rings (SSSR count). The highest BCUT2D eigenvalue weighted by Gasteiger charge is 2.01. The van der Waals surface area contributed by atoms with E-state index in [9.17, 15) is 24.0 Å². The van der Waals surface area contributed by atoms with E-state index in [0.29, 0.717) is 28.5 Å². The van der Waals surface area contributed by atoms with Gasteiger partial charge in [0.2, 0.25) is 0 Å². The highest BCUT2D eigenvalue weighted by Crippen LogP contribution is 2.06. The maximum absolute atomic E-state index is 11.0. The first-order valence-electron chi connectivity index (χ1n) is 7.73. The van der Waals surface area contributed by atoms with E-state index < -0.39 is 22.2 Å². The molecular weight excluding hydrogens is 392 g/mol. The van der Waals surface area contributed by atoms with E-state index in [1.165, 1.54) is 12.3 Å². The number of hydrogen-bond donors (Lipinski definition) is 4. The topological polar surface area (TPSA) is 174 Å². The second-order valence-corrected chi connectivity index (χ2v) is 5.47. The molecule has 0 saturated heterocycles. The van der Waals surface area contributed by atoms with Crippen LogP contribution >= 0.6 is 0 Å². The van der Waals surface area contributed by atoms with E-state index >= 15 is 0 Å². The van der Waals surface area contributed by atoms with Crippen molar-refractivity contribution < 1.29 is 4.79 Å². The van der Waals surface area contributed by atoms with Crippen molar-refractivity contribution in [3.8, 4) is 0 Å². The summed E-state index contributed by atoms with van der Waals surface area (Å²) in [5.74, 6) is 0. The molecule has 0 radical (unpaired) electrons. The number of nitrogens with one attached hydrogen (secondary N) is 4. The van der Waals surface area contributed by atoms with E-state index in [1.54, 1.807) is 18.3 Å². The van der Waals surface area contributed by atoms with Gasteiger partial charge >= 0.3 is 22.2 Å². The Morgan fingerprint density at radius 1 is 0.700 bits per heavy atom. The van der Waals surface area contributed by atoms with Gasteiger partial charge in [-0.25, -0.2) is 9.97 Å². The van der Waals surface area contributed by atoms with Crippen molar-refractivity contribution in [1.82, 2.24) is 29.9 Å². The van der Waals surface area contributed by atoms with Gasteiger partial charge in [0.1, 0.15) is 0 Å². The number of hydrogen-bond acceptors (Lipinski definition) is 7. The first-order valence-corrected chi connectivity index (χ1v) is 7.73. The third kappa shape index (κ3) is 4.90. The zero-order valence-corrected chi connectivity index (χ0v) is 14.1. The van der Waals surface area contributed by atoms with Crippen LogP contribution in [0.2, 0.25) is 0 Å². The fourth-order valence-electron chi connectivity index (χ4n) is 2.21. The van der Waals surface area contributed by atoms with Gasteiger partial charge in [0.05, 0.1) is 11.0 Å². The largest absolute Gasteiger partial charge is 0.315 e. The van der Waals surface area contributed by atoms with E-state index in [2.05, 4.69) is 36.5 Å². The fraction of sp³-hybridized carbons (Fsp3) is 0.105. The molecule has 4 aromatic heterocycles. The number of carbonyl (C=O) groups is 1. The van der Waals surface area contributed by atoms with Crippen molar-refractivity contribution in [2.75, 3.05) is 0 Å². The summed E-state index contributed by atoms with van der Waals surface area (Å²) in [4.78, 5) is 71.2. The van der Waals surface area contributed by atoms with Crippen LogP contribution in [0.3, 0.4) is 0 Å². The van der Waals surface area contributed by atoms with Gasteiger partial charge in [-0.2, -0.15) is 0 Å². The monoisotopic (exact) mass is 412 g/mol. The number of aromatic nitrogens is 6. The number of carbonyl (C=O) groups excluding carboxylic acids is 1. The van der Waals surface area contributed by atoms with Crippen LogP contribution in [0.1, 0.15) is 30.8 Å². The number of H-pyrrole nitrogens is 4. The molecule has 0 unspecified atom stereocenters. The van der Waals surface area contributed by atoms with Crippen LogP contribution in [0.5, 0.6) is 0 Å². The van der Waals surface area contributed by atoms with Gasteiger partial charge in [0.25, 0.3) is 0 Å². The molecule has 0 bridgehead atoms. The Bertz CT molecular complexity index is 1330. The van der Waals surface area contributed by atoms with Crippen LogP contribution in [0.4, 0.5) is 0 Å². The third-order valence-electron chi connectivity index (χ3n) is 3.56. The predicted molar refractivity (Wildman–Crippen MR) is 115 cm³/mol. The minimum atomic E-state index is -0.762. The Labute approximate surface area is 168 Å². The van der Waals surface area contributed by atoms with Crippen molar-refractivity contribution in [2.24, 2.45) is 0 Å². The Balaban J connectivity index is 0.000000281. The Kier molecular flexibility index (Phi) is 7.63. The van der Waals surface area contributed by atoms with Crippen LogP contribution in [0, 0.1) is 0 Å². The Morgan fingerprint density at radius 2 is 1.10 bits per heavy atom. The minimum Gasteiger partial charge on any atom is -0.315 e. The van der Waals surface area contributed by atoms with Crippen molar-refractivity contribution >= 4 is 34.7 Å². The lowest BCUT2D eigenvalue weighted by Gasteiger charge is -1.96. The summed E-state index contributed by atoms with van der Waals surface area (Å²) in [5, 5.41) is 0. The number of fused-ring (bicyclic) bond motifs is 2. The Morgan fingerprint density at radius 3 is 1.53 bits per heavy atom. The minimum absolute atomic E-state index is 0. The molecule has 0 aromatic carbocycles. The standard InChI is InChI=1S/C9H7N3O2.C8H5N3O3.2CH4/c1-2-5-3-6-7(10-4-5)12-9(14)8(13)11-6;12-3-4-1-5-6(9-2-4)11-8(14)7(13)10-5;;/h2-4H,1H2,(H,11,13)(H,10,12,14);1-3H,(H,10,13)(H,9,11,14);2*1H4. The second-order valence-electron chi connectivity index (χ2n) is 5.47. The number of pyridine rings is 2. The molecular formula is C19H20N6O5. The average molecular weight is 412 g/mol. The van der Waals surface area contributed by atoms with Crippen LogP contribution < -0.4 is 22.2 Å². The predicted octanol–water partition coefficient (Wildman–Crippen LogP) is 0.950. The van der Waals surface area contributed by atoms with Crippen LogP contribution in [0.15, 0.2) is 50.3 Å². The second kappa shape index (κ2) is 9.68. The zero-order chi connectivity index (χ0) is 20.3. The van der Waals surface area contributed by atoms with Crippen LogP contribution in [0.25, 0.3) is 28.4 Å². The number of nitrogens with zero attached hydrogens (tertiary/aromatic N) is 2. The molecule has 0 spiro atoms. The molecule has 30 heavy (non-hydrogen) atoms. The summed E-state index contributed by atoms with van der Waals surface area (Å²) in [6.07, 6.45) is 5.08. The summed E-state index contributed by atoms with van der Waals surface area (Å²) in [6.45, 7) is 3.57. The van der Waals surface area contributed by atoms with E-state index in [-0.39, 0.29) is 20.5 Å². The lowest BCUT2D eigenvalue weighted by atomic mass is 10.2. The first kappa shape index (κ1) is 23.6. The number of aromatic amines is 4. The molecule has 4 heterocycles. The van der Waals surface area contributed by atoms with Crippen LogP contribution in [-0.2, 0) is 0 Å². The molecule has 0 aliphatic rings. The highest BCUT2D eigenvalue weighted by molar-refractivity contribution is 5.81. The van der Waals surface area contributed by atoms with Gasteiger partial charge in [-0.05, 0) is 17.7 Å². The maximum Gasteiger partial charge on any atom is 0.315 e. The third-order valence-corrected chi connectivity index (χ3v) is 3.56. The average Bonchev–Trinajstić information content (AvgIpc) is 2.69. The lowest BCUT2D eigenvalue weighted by Crippen LogP contribution is -2.29. The number of aldehydes is 1. The van der Waals surface area contributed by atoms with Crippen molar-refractivity contribution in [1.29, 1.82) is 0 Å². The number of rotatable bonds is 2. The summed E-state index contributed by atoms with van der Waals surface area (Å²) >= 11 is 0. The molecule has 11 nitrogen and oxygen atoms in total. The fourth-order valence-corrected chi connectivity index (χ4v) is 2.21. The van der Waals surface area contributed by atoms with Gasteiger partial charge in [-0.1, -0.05) is 27.5 Å². The van der Waals surface area contributed by atoms with Gasteiger partial charge in [-0.3, -0.25) is 24.0 Å². The summed E-state index contributed by atoms with van der Waals surface area (Å²) in [6, 6.07) is 3.12. The molecule has 0 aliphatic carbocycles. The van der Waals surface area contributed by atoms with Crippen molar-refractivity contribution in [2.45, 2.75) is 14.9 Å². The van der Waals surface area contributed by atoms with Gasteiger partial charge in [-0.15, -0.1) is 0 Å². The van der Waals surface area contributed by atoms with E-state index in [4.69, 9.17) is 0 Å². The molecule has 0 atom stereocenters. The lowest BCUT2D eigenvalue weighted by molar-refractivity contribution is 0.112. The quantitative estimate of drug-likeness (QED) is 0.280.